The Kier molecular flexibility index (Phi) is 7.03. The number of nitrogens with zero attached hydrogens (tertiary/aromatic N) is 5. The number of fused-ring (bicyclic) bond motifs is 1. The lowest BCUT2D eigenvalue weighted by atomic mass is 9.95. The standard InChI is InChI=1S/C29H37ClN6O3/c1-18(2)15-36-24(4-5-32-36)21-13-22(21)28(38)33-27-12-19-11-25(23(30)10-20(19)14-31-27)34-6-8-35(9-7-34)29(3)17-39-16-26(29)37/h4-5,10-12,14,18,21-22,26,37H,6-9,13,15-17H2,1-3H3,(H,31,33,38)/t21-,22-,26-,29+/m0/s1. The maximum atomic E-state index is 13.1. The number of aliphatic hydroxyl groups excluding tert-OH is 1. The van der Waals surface area contributed by atoms with Gasteiger partial charge in [-0.15, -0.1) is 0 Å². The summed E-state index contributed by atoms with van der Waals surface area (Å²) in [6, 6.07) is 7.99. The second kappa shape index (κ2) is 10.4. The summed E-state index contributed by atoms with van der Waals surface area (Å²) in [5.74, 6) is 1.19. The molecule has 4 atom stereocenters. The molecule has 208 valence electrons. The summed E-state index contributed by atoms with van der Waals surface area (Å²) in [4.78, 5) is 22.2. The van der Waals surface area contributed by atoms with E-state index in [2.05, 4.69) is 52.0 Å². The molecule has 2 N–H and O–H groups in total. The van der Waals surface area contributed by atoms with Gasteiger partial charge in [-0.3, -0.25) is 14.4 Å². The van der Waals surface area contributed by atoms with Crippen molar-refractivity contribution in [2.24, 2.45) is 11.8 Å². The van der Waals surface area contributed by atoms with Crippen LogP contribution in [0.1, 0.15) is 38.8 Å². The van der Waals surface area contributed by atoms with Crippen LogP contribution in [0.4, 0.5) is 11.5 Å². The van der Waals surface area contributed by atoms with Crippen molar-refractivity contribution in [3.63, 3.8) is 0 Å². The topological polar surface area (TPSA) is 95.8 Å². The van der Waals surface area contributed by atoms with Crippen LogP contribution in [-0.4, -0.2) is 81.7 Å². The van der Waals surface area contributed by atoms with Gasteiger partial charge in [0.15, 0.2) is 0 Å². The van der Waals surface area contributed by atoms with Crippen LogP contribution in [0.15, 0.2) is 36.7 Å². The minimum Gasteiger partial charge on any atom is -0.389 e. The molecule has 4 heterocycles. The first-order valence-corrected chi connectivity index (χ1v) is 14.3. The first-order chi connectivity index (χ1) is 18.7. The first kappa shape index (κ1) is 26.5. The predicted molar refractivity (Wildman–Crippen MR) is 152 cm³/mol. The van der Waals surface area contributed by atoms with Crippen LogP contribution >= 0.6 is 11.6 Å². The van der Waals surface area contributed by atoms with E-state index in [4.69, 9.17) is 16.3 Å². The Balaban J connectivity index is 1.13. The Labute approximate surface area is 234 Å². The predicted octanol–water partition coefficient (Wildman–Crippen LogP) is 3.75. The first-order valence-electron chi connectivity index (χ1n) is 13.9. The molecule has 1 aromatic carbocycles. The number of anilines is 2. The molecule has 0 radical (unpaired) electrons. The molecule has 3 aliphatic rings. The Hall–Kier alpha value is -2.72. The highest BCUT2D eigenvalue weighted by Crippen LogP contribution is 2.48. The second-order valence-electron chi connectivity index (χ2n) is 11.9. The quantitative estimate of drug-likeness (QED) is 0.461. The van der Waals surface area contributed by atoms with E-state index >= 15 is 0 Å². The molecule has 2 aromatic heterocycles. The molecule has 0 spiro atoms. The number of amides is 1. The number of piperazine rings is 1. The third-order valence-electron chi connectivity index (χ3n) is 8.56. The molecule has 1 amide bonds. The summed E-state index contributed by atoms with van der Waals surface area (Å²) in [7, 11) is 0. The van der Waals surface area contributed by atoms with E-state index in [1.807, 2.05) is 29.1 Å². The largest absolute Gasteiger partial charge is 0.389 e. The molecule has 1 saturated carbocycles. The summed E-state index contributed by atoms with van der Waals surface area (Å²) in [5, 5.41) is 20.5. The third-order valence-corrected chi connectivity index (χ3v) is 8.87. The molecule has 2 aliphatic heterocycles. The highest BCUT2D eigenvalue weighted by molar-refractivity contribution is 6.34. The SMILES string of the molecule is CC(C)Cn1nccc1[C@H]1C[C@@H]1C(=O)Nc1cc2cc(N3CCN([C@]4(C)COC[C@@H]4O)CC3)c(Cl)cc2cn1. The Morgan fingerprint density at radius 3 is 2.74 bits per heavy atom. The summed E-state index contributed by atoms with van der Waals surface area (Å²) in [6.45, 7) is 11.5. The number of nitrogens with one attached hydrogen (secondary N) is 1. The van der Waals surface area contributed by atoms with Gasteiger partial charge in [0.25, 0.3) is 0 Å². The van der Waals surface area contributed by atoms with Crippen LogP contribution in [0.3, 0.4) is 0 Å². The molecule has 3 fully saturated rings. The number of aliphatic hydroxyl groups is 1. The molecule has 9 nitrogen and oxygen atoms in total. The van der Waals surface area contributed by atoms with Crippen LogP contribution in [0.5, 0.6) is 0 Å². The monoisotopic (exact) mass is 552 g/mol. The number of ether oxygens (including phenoxy) is 1. The van der Waals surface area contributed by atoms with E-state index in [9.17, 15) is 9.90 Å². The van der Waals surface area contributed by atoms with Crippen molar-refractivity contribution in [1.82, 2.24) is 19.7 Å². The van der Waals surface area contributed by atoms with Crippen LogP contribution in [-0.2, 0) is 16.1 Å². The third kappa shape index (κ3) is 5.13. The highest BCUT2D eigenvalue weighted by Gasteiger charge is 2.46. The Morgan fingerprint density at radius 1 is 1.23 bits per heavy atom. The fourth-order valence-electron chi connectivity index (χ4n) is 6.06. The van der Waals surface area contributed by atoms with E-state index in [0.717, 1.165) is 61.3 Å². The van der Waals surface area contributed by atoms with Gasteiger partial charge in [-0.05, 0) is 48.9 Å². The number of benzene rings is 1. The molecule has 0 bridgehead atoms. The van der Waals surface area contributed by atoms with Crippen LogP contribution in [0.25, 0.3) is 10.8 Å². The maximum Gasteiger partial charge on any atom is 0.229 e. The van der Waals surface area contributed by atoms with Gasteiger partial charge in [0, 0.05) is 68.0 Å². The van der Waals surface area contributed by atoms with Crippen molar-refractivity contribution in [3.05, 3.63) is 47.4 Å². The number of carbonyl (C=O) groups excluding carboxylic acids is 1. The van der Waals surface area contributed by atoms with Gasteiger partial charge in [-0.1, -0.05) is 25.4 Å². The fourth-order valence-corrected chi connectivity index (χ4v) is 6.36. The number of aromatic nitrogens is 3. The molecule has 1 aliphatic carbocycles. The lowest BCUT2D eigenvalue weighted by Gasteiger charge is -2.45. The van der Waals surface area contributed by atoms with Crippen molar-refractivity contribution in [1.29, 1.82) is 0 Å². The van der Waals surface area contributed by atoms with Gasteiger partial charge in [-0.2, -0.15) is 5.10 Å². The average molecular weight is 553 g/mol. The average Bonchev–Trinajstić information content (AvgIpc) is 3.46. The molecular formula is C29H37ClN6O3. The fraction of sp³-hybridized carbons (Fsp3) is 0.552. The van der Waals surface area contributed by atoms with Crippen molar-refractivity contribution >= 4 is 39.8 Å². The van der Waals surface area contributed by atoms with E-state index in [0.29, 0.717) is 30.0 Å². The molecule has 3 aromatic rings. The zero-order chi connectivity index (χ0) is 27.3. The zero-order valence-corrected chi connectivity index (χ0v) is 23.6. The lowest BCUT2D eigenvalue weighted by molar-refractivity contribution is -0.117. The van der Waals surface area contributed by atoms with Crippen molar-refractivity contribution < 1.29 is 14.6 Å². The van der Waals surface area contributed by atoms with Gasteiger partial charge >= 0.3 is 0 Å². The van der Waals surface area contributed by atoms with Crippen molar-refractivity contribution in [3.8, 4) is 0 Å². The molecule has 0 unspecified atom stereocenters. The van der Waals surface area contributed by atoms with Crippen LogP contribution < -0.4 is 10.2 Å². The summed E-state index contributed by atoms with van der Waals surface area (Å²) in [5.41, 5.74) is 1.77. The van der Waals surface area contributed by atoms with Gasteiger partial charge in [0.1, 0.15) is 5.82 Å². The van der Waals surface area contributed by atoms with E-state index in [1.54, 1.807) is 6.20 Å². The van der Waals surface area contributed by atoms with Crippen LogP contribution in [0.2, 0.25) is 5.02 Å². The van der Waals surface area contributed by atoms with E-state index in [1.165, 1.54) is 0 Å². The summed E-state index contributed by atoms with van der Waals surface area (Å²) < 4.78 is 7.57. The molecule has 6 rings (SSSR count). The summed E-state index contributed by atoms with van der Waals surface area (Å²) in [6.07, 6.45) is 3.95. The number of halogens is 1. The Morgan fingerprint density at radius 2 is 2.03 bits per heavy atom. The van der Waals surface area contributed by atoms with Gasteiger partial charge in [-0.25, -0.2) is 4.98 Å². The van der Waals surface area contributed by atoms with E-state index < -0.39 is 6.10 Å². The maximum absolute atomic E-state index is 13.1. The molecule has 10 heteroatoms. The minimum atomic E-state index is -0.470. The number of pyridine rings is 1. The number of hydrogen-bond acceptors (Lipinski definition) is 7. The zero-order valence-electron chi connectivity index (χ0n) is 22.8. The molecular weight excluding hydrogens is 516 g/mol. The van der Waals surface area contributed by atoms with Crippen molar-refractivity contribution in [2.75, 3.05) is 49.6 Å². The number of rotatable bonds is 7. The molecule has 39 heavy (non-hydrogen) atoms. The smallest absolute Gasteiger partial charge is 0.229 e. The second-order valence-corrected chi connectivity index (χ2v) is 12.3. The van der Waals surface area contributed by atoms with E-state index in [-0.39, 0.29) is 23.3 Å². The van der Waals surface area contributed by atoms with Gasteiger partial charge in [0.2, 0.25) is 5.91 Å². The number of hydrogen-bond donors (Lipinski definition) is 2. The van der Waals surface area contributed by atoms with Gasteiger partial charge in [0.05, 0.1) is 35.6 Å². The van der Waals surface area contributed by atoms with Gasteiger partial charge < -0.3 is 20.1 Å². The normalized spacial score (nSPS) is 27.4. The summed E-state index contributed by atoms with van der Waals surface area (Å²) >= 11 is 6.71. The van der Waals surface area contributed by atoms with Crippen molar-refractivity contribution in [2.45, 2.75) is 51.3 Å². The lowest BCUT2D eigenvalue weighted by Crippen LogP contribution is -2.60. The van der Waals surface area contributed by atoms with Crippen LogP contribution in [0, 0.1) is 11.8 Å². The Bertz CT molecular complexity index is 1370. The minimum absolute atomic E-state index is 0.000954. The highest BCUT2D eigenvalue weighted by atomic mass is 35.5. The molecule has 2 saturated heterocycles. The number of carbonyl (C=O) groups is 1.